The Bertz CT molecular complexity index is 1270. The first-order valence-electron chi connectivity index (χ1n) is 9.96. The number of piperidine rings is 1. The van der Waals surface area contributed by atoms with Gasteiger partial charge >= 0.3 is 11.8 Å². The number of hydrogen-bond donors (Lipinski definition) is 1. The minimum absolute atomic E-state index is 0.0379. The van der Waals surface area contributed by atoms with E-state index in [2.05, 4.69) is 14.9 Å². The van der Waals surface area contributed by atoms with E-state index >= 15 is 0 Å². The molecule has 0 bridgehead atoms. The number of aromatic nitrogens is 2. The number of carbonyl (C=O) groups excluding carboxylic acids is 1. The number of nitrogens with one attached hydrogen (secondary N) is 1. The number of sulfonamides is 1. The molecule has 32 heavy (non-hydrogen) atoms. The summed E-state index contributed by atoms with van der Waals surface area (Å²) in [7, 11) is -4.05. The van der Waals surface area contributed by atoms with Crippen LogP contribution in [0.25, 0.3) is 11.4 Å². The van der Waals surface area contributed by atoms with Gasteiger partial charge in [0.1, 0.15) is 5.82 Å². The molecular weight excluding hydrogens is 459 g/mol. The van der Waals surface area contributed by atoms with Crippen LogP contribution in [0.1, 0.15) is 35.5 Å². The van der Waals surface area contributed by atoms with Crippen molar-refractivity contribution in [3.05, 3.63) is 58.7 Å². The molecule has 1 fully saturated rings. The molecule has 168 valence electrons. The van der Waals surface area contributed by atoms with Crippen LogP contribution in [0, 0.1) is 12.7 Å². The number of likely N-dealkylation sites (tertiary alicyclic amines) is 1. The van der Waals surface area contributed by atoms with Crippen molar-refractivity contribution >= 4 is 33.2 Å². The van der Waals surface area contributed by atoms with Crippen LogP contribution in [0.2, 0.25) is 5.02 Å². The molecule has 3 aromatic rings. The fourth-order valence-electron chi connectivity index (χ4n) is 3.46. The molecule has 4 rings (SSSR count). The third kappa shape index (κ3) is 4.61. The van der Waals surface area contributed by atoms with Crippen LogP contribution in [0.15, 0.2) is 45.8 Å². The fraction of sp³-hybridized carbons (Fsp3) is 0.286. The molecule has 1 saturated heterocycles. The monoisotopic (exact) mass is 478 g/mol. The standard InChI is InChI=1S/C21H20ClFN4O4S/c1-13-5-6-14(19-24-20(31-25-19)21(28)27-9-3-2-4-10-27)11-18(13)32(29,30)26-17-8-7-15(23)12-16(17)22/h5-8,11-12,26H,2-4,9-10H2,1H3. The van der Waals surface area contributed by atoms with Crippen molar-refractivity contribution in [2.45, 2.75) is 31.1 Å². The molecule has 0 aliphatic carbocycles. The predicted molar refractivity (Wildman–Crippen MR) is 116 cm³/mol. The summed E-state index contributed by atoms with van der Waals surface area (Å²) in [6.07, 6.45) is 2.94. The average Bonchev–Trinajstić information content (AvgIpc) is 3.26. The number of carbonyl (C=O) groups is 1. The zero-order valence-electron chi connectivity index (χ0n) is 17.1. The van der Waals surface area contributed by atoms with E-state index in [4.69, 9.17) is 16.1 Å². The maximum atomic E-state index is 13.3. The quantitative estimate of drug-likeness (QED) is 0.587. The lowest BCUT2D eigenvalue weighted by Crippen LogP contribution is -2.35. The summed E-state index contributed by atoms with van der Waals surface area (Å²) in [6, 6.07) is 7.98. The second-order valence-corrected chi connectivity index (χ2v) is 9.54. The molecule has 0 saturated carbocycles. The van der Waals surface area contributed by atoms with Gasteiger partial charge in [-0.15, -0.1) is 0 Å². The Morgan fingerprint density at radius 2 is 1.91 bits per heavy atom. The molecule has 1 aliphatic rings. The zero-order valence-corrected chi connectivity index (χ0v) is 18.7. The van der Waals surface area contributed by atoms with Gasteiger partial charge in [-0.25, -0.2) is 12.8 Å². The molecule has 11 heteroatoms. The Hall–Kier alpha value is -2.98. The number of hydrogen-bond acceptors (Lipinski definition) is 6. The molecule has 0 radical (unpaired) electrons. The van der Waals surface area contributed by atoms with Crippen molar-refractivity contribution < 1.29 is 22.1 Å². The van der Waals surface area contributed by atoms with Crippen LogP contribution in [-0.2, 0) is 10.0 Å². The minimum Gasteiger partial charge on any atom is -0.334 e. The second kappa shape index (κ2) is 8.87. The lowest BCUT2D eigenvalue weighted by molar-refractivity contribution is 0.0674. The SMILES string of the molecule is Cc1ccc(-c2noc(C(=O)N3CCCCC3)n2)cc1S(=O)(=O)Nc1ccc(F)cc1Cl. The van der Waals surface area contributed by atoms with Crippen molar-refractivity contribution in [3.8, 4) is 11.4 Å². The summed E-state index contributed by atoms with van der Waals surface area (Å²) in [5, 5.41) is 3.78. The molecule has 1 N–H and O–H groups in total. The van der Waals surface area contributed by atoms with Gasteiger partial charge in [-0.3, -0.25) is 9.52 Å². The van der Waals surface area contributed by atoms with E-state index < -0.39 is 15.8 Å². The minimum atomic E-state index is -4.05. The van der Waals surface area contributed by atoms with Gasteiger partial charge in [-0.2, -0.15) is 4.98 Å². The molecule has 0 spiro atoms. The Morgan fingerprint density at radius 1 is 1.16 bits per heavy atom. The van der Waals surface area contributed by atoms with Crippen molar-refractivity contribution in [3.63, 3.8) is 0 Å². The molecule has 2 heterocycles. The zero-order chi connectivity index (χ0) is 22.9. The fourth-order valence-corrected chi connectivity index (χ4v) is 5.08. The highest BCUT2D eigenvalue weighted by Gasteiger charge is 2.25. The van der Waals surface area contributed by atoms with E-state index in [1.54, 1.807) is 24.0 Å². The van der Waals surface area contributed by atoms with Crippen LogP contribution in [-0.4, -0.2) is 42.5 Å². The maximum absolute atomic E-state index is 13.3. The van der Waals surface area contributed by atoms with E-state index in [9.17, 15) is 17.6 Å². The van der Waals surface area contributed by atoms with Gasteiger partial charge in [0.25, 0.3) is 10.0 Å². The summed E-state index contributed by atoms with van der Waals surface area (Å²) in [5.74, 6) is -0.955. The molecule has 2 aromatic carbocycles. The summed E-state index contributed by atoms with van der Waals surface area (Å²) >= 11 is 5.95. The van der Waals surface area contributed by atoms with Gasteiger partial charge in [-0.1, -0.05) is 28.9 Å². The summed E-state index contributed by atoms with van der Waals surface area (Å²) < 4.78 is 46.7. The number of rotatable bonds is 5. The molecule has 1 aromatic heterocycles. The lowest BCUT2D eigenvalue weighted by Gasteiger charge is -2.24. The first kappa shape index (κ1) is 22.2. The van der Waals surface area contributed by atoms with Crippen LogP contribution in [0.5, 0.6) is 0 Å². The Morgan fingerprint density at radius 3 is 2.62 bits per heavy atom. The first-order valence-corrected chi connectivity index (χ1v) is 11.8. The van der Waals surface area contributed by atoms with Crippen LogP contribution in [0.3, 0.4) is 0 Å². The molecular formula is C21H20ClFN4O4S. The second-order valence-electron chi connectivity index (χ2n) is 7.49. The van der Waals surface area contributed by atoms with E-state index in [-0.39, 0.29) is 33.2 Å². The number of amides is 1. The van der Waals surface area contributed by atoms with Crippen molar-refractivity contribution in [2.75, 3.05) is 17.8 Å². The first-order chi connectivity index (χ1) is 15.2. The number of halogens is 2. The molecule has 0 atom stereocenters. The Kier molecular flexibility index (Phi) is 6.16. The number of benzene rings is 2. The van der Waals surface area contributed by atoms with Gasteiger partial charge in [0.2, 0.25) is 5.82 Å². The van der Waals surface area contributed by atoms with Crippen molar-refractivity contribution in [2.24, 2.45) is 0 Å². The van der Waals surface area contributed by atoms with Crippen LogP contribution < -0.4 is 4.72 Å². The Balaban J connectivity index is 1.61. The van der Waals surface area contributed by atoms with Gasteiger partial charge < -0.3 is 9.42 Å². The topological polar surface area (TPSA) is 105 Å². The molecule has 0 unspecified atom stereocenters. The number of nitrogens with zero attached hydrogens (tertiary/aromatic N) is 3. The summed E-state index contributed by atoms with van der Waals surface area (Å²) in [5.41, 5.74) is 0.877. The molecule has 1 amide bonds. The predicted octanol–water partition coefficient (Wildman–Crippen LogP) is 4.26. The van der Waals surface area contributed by atoms with E-state index in [1.165, 1.54) is 12.1 Å². The van der Waals surface area contributed by atoms with Crippen molar-refractivity contribution in [1.29, 1.82) is 0 Å². The van der Waals surface area contributed by atoms with Crippen LogP contribution >= 0.6 is 11.6 Å². The Labute approximate surface area is 189 Å². The molecule has 1 aliphatic heterocycles. The number of aryl methyl sites for hydroxylation is 1. The third-order valence-electron chi connectivity index (χ3n) is 5.16. The largest absolute Gasteiger partial charge is 0.334 e. The van der Waals surface area contributed by atoms with Crippen LogP contribution in [0.4, 0.5) is 10.1 Å². The third-order valence-corrected chi connectivity index (χ3v) is 6.98. The normalized spacial score (nSPS) is 14.4. The average molecular weight is 479 g/mol. The van der Waals surface area contributed by atoms with E-state index in [0.717, 1.165) is 31.4 Å². The van der Waals surface area contributed by atoms with Gasteiger partial charge in [0.15, 0.2) is 0 Å². The van der Waals surface area contributed by atoms with Gasteiger partial charge in [-0.05, 0) is 56.0 Å². The van der Waals surface area contributed by atoms with E-state index in [1.807, 2.05) is 0 Å². The summed E-state index contributed by atoms with van der Waals surface area (Å²) in [4.78, 5) is 18.4. The van der Waals surface area contributed by atoms with Crippen molar-refractivity contribution in [1.82, 2.24) is 15.0 Å². The summed E-state index contributed by atoms with van der Waals surface area (Å²) in [6.45, 7) is 2.91. The highest BCUT2D eigenvalue weighted by molar-refractivity contribution is 7.92. The highest BCUT2D eigenvalue weighted by Crippen LogP contribution is 2.28. The lowest BCUT2D eigenvalue weighted by atomic mass is 10.1. The molecule has 8 nitrogen and oxygen atoms in total. The highest BCUT2D eigenvalue weighted by atomic mass is 35.5. The smallest absolute Gasteiger partial charge is 0.316 e. The van der Waals surface area contributed by atoms with Gasteiger partial charge in [0, 0.05) is 18.7 Å². The van der Waals surface area contributed by atoms with Gasteiger partial charge in [0.05, 0.1) is 15.6 Å². The number of anilines is 1. The maximum Gasteiger partial charge on any atom is 0.316 e. The van der Waals surface area contributed by atoms with E-state index in [0.29, 0.717) is 24.2 Å².